The average Bonchev–Trinajstić information content (AvgIpc) is 3.12. The Morgan fingerprint density at radius 3 is 1.38 bits per heavy atom. The topological polar surface area (TPSA) is 17.1 Å². The predicted octanol–water partition coefficient (Wildman–Crippen LogP) is 3.04. The molecule has 5 unspecified atom stereocenters. The van der Waals surface area contributed by atoms with Crippen LogP contribution in [-0.2, 0) is 11.1 Å². The molecule has 13 heavy (non-hydrogen) atoms. The fraction of sp³-hybridized carbons (Fsp3) is 1.00. The summed E-state index contributed by atoms with van der Waals surface area (Å²) in [5.74, 6) is 0. The van der Waals surface area contributed by atoms with Crippen molar-refractivity contribution in [3.05, 3.63) is 0 Å². The molecule has 5 atom stereocenters. The predicted molar refractivity (Wildman–Crippen MR) is 46.9 cm³/mol. The molecule has 10 aliphatic heterocycles. The van der Waals surface area contributed by atoms with Crippen molar-refractivity contribution in [3.63, 3.8) is 0 Å². The van der Waals surface area contributed by atoms with Crippen LogP contribution in [0, 0.1) is 0 Å². The van der Waals surface area contributed by atoms with E-state index in [2.05, 4.69) is 0 Å². The summed E-state index contributed by atoms with van der Waals surface area (Å²) in [6, 6.07) is 0. The van der Waals surface area contributed by atoms with Gasteiger partial charge in [0.1, 0.15) is 0 Å². The monoisotopic (exact) mass is 234 g/mol. The zero-order valence-corrected chi connectivity index (χ0v) is 9.29. The molecule has 10 saturated heterocycles. The van der Waals surface area contributed by atoms with E-state index in [0.29, 0.717) is 0 Å². The molecule has 0 amide bonds. The van der Waals surface area contributed by atoms with Gasteiger partial charge in [-0.25, -0.2) is 0 Å². The van der Waals surface area contributed by atoms with Gasteiger partial charge in [0, 0.05) is 0 Å². The Morgan fingerprint density at radius 2 is 1.31 bits per heavy atom. The van der Waals surface area contributed by atoms with Gasteiger partial charge in [0.2, 0.25) is 0 Å². The van der Waals surface area contributed by atoms with Gasteiger partial charge in [0.05, 0.1) is 0 Å². The average molecular weight is 234 g/mol. The third-order valence-corrected chi connectivity index (χ3v) is 63.8. The Balaban J connectivity index is 2.14. The van der Waals surface area contributed by atoms with Gasteiger partial charge >= 0.3 is 66.9 Å². The van der Waals surface area contributed by atoms with Crippen LogP contribution in [0.15, 0.2) is 0 Å². The summed E-state index contributed by atoms with van der Waals surface area (Å²) in [4.78, 5) is 12.2. The third kappa shape index (κ3) is 0.0314. The van der Waals surface area contributed by atoms with Crippen LogP contribution in [0.4, 0.5) is 0 Å². The van der Waals surface area contributed by atoms with Crippen molar-refractivity contribution < 1.29 is 11.1 Å². The molecule has 0 radical (unpaired) electrons. The second-order valence-corrected chi connectivity index (χ2v) is 35.2. The van der Waals surface area contributed by atoms with E-state index in [1.807, 2.05) is 0 Å². The molecular formula is C10H11FeOP. The van der Waals surface area contributed by atoms with E-state index in [1.165, 1.54) is 43.3 Å². The van der Waals surface area contributed by atoms with Crippen LogP contribution in [0.1, 0.15) is 0 Å². The molecule has 0 saturated carbocycles. The van der Waals surface area contributed by atoms with Crippen molar-refractivity contribution >= 4 is 8.46 Å². The van der Waals surface area contributed by atoms with Gasteiger partial charge in [-0.15, -0.1) is 0 Å². The van der Waals surface area contributed by atoms with Crippen LogP contribution >= 0.6 is 8.46 Å². The normalized spacial score (nSPS) is 153. The molecule has 1 spiro atoms. The van der Waals surface area contributed by atoms with Gasteiger partial charge in [0.25, 0.3) is 0 Å². The summed E-state index contributed by atoms with van der Waals surface area (Å²) in [5, 5.41) is 0. The van der Waals surface area contributed by atoms with Crippen molar-refractivity contribution in [2.24, 2.45) is 0 Å². The van der Waals surface area contributed by atoms with Gasteiger partial charge in [-0.3, -0.25) is 0 Å². The molecule has 10 aliphatic rings. The van der Waals surface area contributed by atoms with E-state index in [0.717, 1.165) is 4.05 Å². The van der Waals surface area contributed by atoms with Gasteiger partial charge in [-0.05, 0) is 0 Å². The molecule has 3 heteroatoms. The Hall–Kier alpha value is 0.749. The fourth-order valence-electron chi connectivity index (χ4n) is 16.7. The van der Waals surface area contributed by atoms with Gasteiger partial charge in [-0.1, -0.05) is 0 Å². The second-order valence-electron chi connectivity index (χ2n) is 9.86. The SMILES string of the molecule is O=[PH2][C]12[CH]3[CH]4[CH]5[CH]1[Fe]45321678[CH]2[CH]1[CH]6[CH]7[CH]28. The molecule has 0 aliphatic carbocycles. The summed E-state index contributed by atoms with van der Waals surface area (Å²) in [7, 11) is -0.326. The van der Waals surface area contributed by atoms with Gasteiger partial charge < -0.3 is 0 Å². The number of hydrogen-bond acceptors (Lipinski definition) is 1. The van der Waals surface area contributed by atoms with Crippen molar-refractivity contribution in [2.45, 2.75) is 47.4 Å². The van der Waals surface area contributed by atoms with Crippen LogP contribution in [0.2, 0.25) is 43.3 Å². The molecule has 0 aromatic carbocycles. The third-order valence-electron chi connectivity index (χ3n) is 15.0. The summed E-state index contributed by atoms with van der Waals surface area (Å²) >= 11 is 0. The van der Waals surface area contributed by atoms with Crippen LogP contribution in [-0.4, -0.2) is 4.05 Å². The number of hydrogen-bond donors (Lipinski definition) is 0. The van der Waals surface area contributed by atoms with Crippen LogP contribution < -0.4 is 0 Å². The van der Waals surface area contributed by atoms with E-state index < -0.39 is 6.51 Å². The fourth-order valence-corrected chi connectivity index (χ4v) is 103. The Kier molecular flexibility index (Phi) is 0.0919. The summed E-state index contributed by atoms with van der Waals surface area (Å²) in [5.41, 5.74) is 0. The van der Waals surface area contributed by atoms with Gasteiger partial charge in [0.15, 0.2) is 0 Å². The van der Waals surface area contributed by atoms with Crippen LogP contribution in [0.3, 0.4) is 0 Å². The molecule has 0 aromatic heterocycles. The maximum absolute atomic E-state index is 11.8. The first-order valence-corrected chi connectivity index (χ1v) is 13.1. The summed E-state index contributed by atoms with van der Waals surface area (Å²) in [6.07, 6.45) is 0. The van der Waals surface area contributed by atoms with Crippen molar-refractivity contribution in [2.75, 3.05) is 0 Å². The van der Waals surface area contributed by atoms with Crippen molar-refractivity contribution in [1.29, 1.82) is 0 Å². The van der Waals surface area contributed by atoms with E-state index >= 15 is 0 Å². The first-order valence-electron chi connectivity index (χ1n) is 5.78. The minimum atomic E-state index is -2.78. The zero-order valence-electron chi connectivity index (χ0n) is 7.04. The number of rotatable bonds is 1. The van der Waals surface area contributed by atoms with Crippen LogP contribution in [0.5, 0.6) is 0 Å². The van der Waals surface area contributed by atoms with Gasteiger partial charge in [-0.2, -0.15) is 0 Å². The first-order chi connectivity index (χ1) is 6.11. The Labute approximate surface area is 67.1 Å². The molecule has 70 valence electrons. The molecule has 1 nitrogen and oxygen atoms in total. The van der Waals surface area contributed by atoms with E-state index in [4.69, 9.17) is 0 Å². The molecule has 0 bridgehead atoms. The Morgan fingerprint density at radius 1 is 0.846 bits per heavy atom. The molecule has 10 heterocycles. The van der Waals surface area contributed by atoms with E-state index in [-0.39, 0.29) is 8.46 Å². The van der Waals surface area contributed by atoms with Crippen molar-refractivity contribution in [3.8, 4) is 0 Å². The first kappa shape index (κ1) is 4.32. The summed E-state index contributed by atoms with van der Waals surface area (Å²) < 4.78 is 12.6. The molecular weight excluding hydrogens is 223 g/mol. The minimum absolute atomic E-state index is 0.326. The van der Waals surface area contributed by atoms with Crippen molar-refractivity contribution in [1.82, 2.24) is 0 Å². The second kappa shape index (κ2) is 0.277. The molecule has 10 fully saturated rings. The van der Waals surface area contributed by atoms with E-state index in [1.54, 1.807) is 0 Å². The standard InChI is InChI=1S/C5H6OP.C5H5.Fe/c6-7-5-3-1-2-4-5;1-2-4-5-3-1;/h1-4H,7H2;1-5H;. The quantitative estimate of drug-likeness (QED) is 0.503. The molecule has 0 aromatic rings. The summed E-state index contributed by atoms with van der Waals surface area (Å²) in [6.45, 7) is -2.78. The van der Waals surface area contributed by atoms with Crippen LogP contribution in [0.25, 0.3) is 0 Å². The molecule has 10 rings (SSSR count). The number of fused-ring (bicyclic) bond motifs is 10. The maximum atomic E-state index is 11.8. The Bertz CT molecular complexity index is 804. The van der Waals surface area contributed by atoms with E-state index in [9.17, 15) is 4.57 Å². The molecule has 0 N–H and O–H groups in total. The zero-order chi connectivity index (χ0) is 7.72.